The van der Waals surface area contributed by atoms with Crippen LogP contribution in [0.2, 0.25) is 0 Å². The Morgan fingerprint density at radius 1 is 0.842 bits per heavy atom. The zero-order valence-corrected chi connectivity index (χ0v) is 23.5. The standard InChI is InChI=1S/C33H33BrN2O2/c1-35(2)27-18-14-24(15-19-27)22-36(28-20-16-26(34)17-21-28)33(37)31-12-6-11-30-29(31)10-7-13-32(30)38-23-25-8-4-3-5-9-25/h3-5,7-10,13-21,31H,6,11-12,22-23H2,1-2H3. The first kappa shape index (κ1) is 26.1. The number of hydrogen-bond acceptors (Lipinski definition) is 3. The van der Waals surface area contributed by atoms with Gasteiger partial charge in [0, 0.05) is 29.9 Å². The van der Waals surface area contributed by atoms with Gasteiger partial charge in [-0.15, -0.1) is 0 Å². The number of anilines is 2. The van der Waals surface area contributed by atoms with Gasteiger partial charge >= 0.3 is 0 Å². The van der Waals surface area contributed by atoms with E-state index in [0.717, 1.165) is 57.5 Å². The molecule has 4 nitrogen and oxygen atoms in total. The van der Waals surface area contributed by atoms with Gasteiger partial charge in [0.1, 0.15) is 12.4 Å². The maximum absolute atomic E-state index is 14.3. The van der Waals surface area contributed by atoms with Crippen molar-refractivity contribution in [3.05, 3.63) is 124 Å². The SMILES string of the molecule is CN(C)c1ccc(CN(C(=O)C2CCCc3c(OCc4ccccc4)cccc32)c2ccc(Br)cc2)cc1. The summed E-state index contributed by atoms with van der Waals surface area (Å²) in [6.07, 6.45) is 2.72. The average molecular weight is 570 g/mol. The molecule has 5 rings (SSSR count). The van der Waals surface area contributed by atoms with E-state index < -0.39 is 0 Å². The summed E-state index contributed by atoms with van der Waals surface area (Å²) in [5, 5.41) is 0. The first-order valence-corrected chi connectivity index (χ1v) is 13.9. The fourth-order valence-corrected chi connectivity index (χ4v) is 5.39. The molecule has 4 aromatic carbocycles. The van der Waals surface area contributed by atoms with Crippen molar-refractivity contribution in [3.63, 3.8) is 0 Å². The van der Waals surface area contributed by atoms with Gasteiger partial charge in [0.05, 0.1) is 12.5 Å². The molecule has 0 heterocycles. The maximum atomic E-state index is 14.3. The Balaban J connectivity index is 1.43. The molecule has 0 aromatic heterocycles. The van der Waals surface area contributed by atoms with E-state index in [-0.39, 0.29) is 11.8 Å². The van der Waals surface area contributed by atoms with Crippen molar-refractivity contribution in [1.82, 2.24) is 0 Å². The van der Waals surface area contributed by atoms with E-state index >= 15 is 0 Å². The third-order valence-electron chi connectivity index (χ3n) is 7.20. The van der Waals surface area contributed by atoms with Gasteiger partial charge in [-0.25, -0.2) is 0 Å². The Hall–Kier alpha value is -3.57. The molecule has 0 spiro atoms. The van der Waals surface area contributed by atoms with Gasteiger partial charge in [-0.1, -0.05) is 70.5 Å². The summed E-state index contributed by atoms with van der Waals surface area (Å²) in [6.45, 7) is 1.04. The number of carbonyl (C=O) groups excluding carboxylic acids is 1. The van der Waals surface area contributed by atoms with Crippen molar-refractivity contribution in [2.45, 2.75) is 38.3 Å². The molecule has 1 aliphatic rings. The first-order chi connectivity index (χ1) is 18.5. The van der Waals surface area contributed by atoms with Gasteiger partial charge in [0.15, 0.2) is 0 Å². The third-order valence-corrected chi connectivity index (χ3v) is 7.73. The van der Waals surface area contributed by atoms with Crippen LogP contribution in [0.3, 0.4) is 0 Å². The molecular weight excluding hydrogens is 536 g/mol. The second-order valence-corrected chi connectivity index (χ2v) is 10.9. The van der Waals surface area contributed by atoms with E-state index in [9.17, 15) is 4.79 Å². The lowest BCUT2D eigenvalue weighted by atomic mass is 9.81. The highest BCUT2D eigenvalue weighted by Gasteiger charge is 2.32. The van der Waals surface area contributed by atoms with E-state index in [1.54, 1.807) is 0 Å². The van der Waals surface area contributed by atoms with Crippen LogP contribution in [0.15, 0.2) is 102 Å². The number of ether oxygens (including phenoxy) is 1. The smallest absolute Gasteiger partial charge is 0.234 e. The van der Waals surface area contributed by atoms with E-state index in [1.807, 2.05) is 73.6 Å². The Bertz CT molecular complexity index is 1370. The highest BCUT2D eigenvalue weighted by atomic mass is 79.9. The number of amides is 1. The fraction of sp³-hybridized carbons (Fsp3) is 0.242. The van der Waals surface area contributed by atoms with Crippen LogP contribution in [-0.2, 0) is 24.4 Å². The molecule has 0 N–H and O–H groups in total. The number of benzene rings is 4. The Labute approximate surface area is 234 Å². The van der Waals surface area contributed by atoms with Crippen molar-refractivity contribution in [1.29, 1.82) is 0 Å². The number of fused-ring (bicyclic) bond motifs is 1. The van der Waals surface area contributed by atoms with Crippen molar-refractivity contribution in [3.8, 4) is 5.75 Å². The highest BCUT2D eigenvalue weighted by molar-refractivity contribution is 9.10. The van der Waals surface area contributed by atoms with Gasteiger partial charge in [-0.3, -0.25) is 4.79 Å². The van der Waals surface area contributed by atoms with Crippen LogP contribution >= 0.6 is 15.9 Å². The molecule has 1 amide bonds. The number of halogens is 1. The highest BCUT2D eigenvalue weighted by Crippen LogP contribution is 2.39. The first-order valence-electron chi connectivity index (χ1n) is 13.1. The van der Waals surface area contributed by atoms with Crippen LogP contribution < -0.4 is 14.5 Å². The summed E-state index contributed by atoms with van der Waals surface area (Å²) in [6, 6.07) is 32.8. The predicted molar refractivity (Wildman–Crippen MR) is 159 cm³/mol. The largest absolute Gasteiger partial charge is 0.489 e. The van der Waals surface area contributed by atoms with E-state index in [0.29, 0.717) is 13.2 Å². The van der Waals surface area contributed by atoms with Crippen molar-refractivity contribution in [2.24, 2.45) is 0 Å². The lowest BCUT2D eigenvalue weighted by Crippen LogP contribution is -2.36. The minimum absolute atomic E-state index is 0.130. The minimum atomic E-state index is -0.205. The molecule has 38 heavy (non-hydrogen) atoms. The number of carbonyl (C=O) groups is 1. The van der Waals surface area contributed by atoms with Crippen LogP contribution in [-0.4, -0.2) is 20.0 Å². The molecule has 4 aromatic rings. The number of rotatable bonds is 8. The molecule has 0 saturated heterocycles. The van der Waals surface area contributed by atoms with E-state index in [1.165, 1.54) is 5.56 Å². The van der Waals surface area contributed by atoms with E-state index in [4.69, 9.17) is 4.74 Å². The molecule has 1 atom stereocenters. The maximum Gasteiger partial charge on any atom is 0.234 e. The van der Waals surface area contributed by atoms with Gasteiger partial charge in [0.2, 0.25) is 5.91 Å². The van der Waals surface area contributed by atoms with Crippen molar-refractivity contribution < 1.29 is 9.53 Å². The zero-order chi connectivity index (χ0) is 26.5. The molecule has 0 fully saturated rings. The van der Waals surface area contributed by atoms with Crippen molar-refractivity contribution in [2.75, 3.05) is 23.9 Å². The van der Waals surface area contributed by atoms with Crippen molar-refractivity contribution >= 4 is 33.2 Å². The summed E-state index contributed by atoms with van der Waals surface area (Å²) in [4.78, 5) is 18.3. The lowest BCUT2D eigenvalue weighted by Gasteiger charge is -2.32. The van der Waals surface area contributed by atoms with Crippen LogP contribution in [0.25, 0.3) is 0 Å². The second kappa shape index (κ2) is 11.9. The molecule has 0 saturated carbocycles. The van der Waals surface area contributed by atoms with Crippen LogP contribution in [0.5, 0.6) is 5.75 Å². The average Bonchev–Trinajstić information content (AvgIpc) is 2.95. The Morgan fingerprint density at radius 3 is 2.26 bits per heavy atom. The second-order valence-electron chi connectivity index (χ2n) is 10.0. The lowest BCUT2D eigenvalue weighted by molar-refractivity contribution is -0.120. The predicted octanol–water partition coefficient (Wildman–Crippen LogP) is 7.75. The third kappa shape index (κ3) is 5.94. The van der Waals surface area contributed by atoms with Gasteiger partial charge in [-0.05, 0) is 84.0 Å². The molecule has 1 aliphatic carbocycles. The minimum Gasteiger partial charge on any atom is -0.489 e. The topological polar surface area (TPSA) is 32.8 Å². The van der Waals surface area contributed by atoms with Gasteiger partial charge < -0.3 is 14.5 Å². The molecule has 0 radical (unpaired) electrons. The molecule has 0 aliphatic heterocycles. The number of nitrogens with zero attached hydrogens (tertiary/aromatic N) is 2. The molecule has 5 heteroatoms. The van der Waals surface area contributed by atoms with Gasteiger partial charge in [0.25, 0.3) is 0 Å². The molecule has 194 valence electrons. The monoisotopic (exact) mass is 568 g/mol. The van der Waals surface area contributed by atoms with Crippen LogP contribution in [0.4, 0.5) is 11.4 Å². The normalized spacial score (nSPS) is 14.4. The van der Waals surface area contributed by atoms with Crippen LogP contribution in [0, 0.1) is 0 Å². The zero-order valence-electron chi connectivity index (χ0n) is 21.9. The number of hydrogen-bond donors (Lipinski definition) is 0. The quantitative estimate of drug-likeness (QED) is 0.218. The Morgan fingerprint density at radius 2 is 1.55 bits per heavy atom. The Kier molecular flexibility index (Phi) is 8.14. The summed E-state index contributed by atoms with van der Waals surface area (Å²) >= 11 is 3.54. The molecular formula is C33H33BrN2O2. The summed E-state index contributed by atoms with van der Waals surface area (Å²) in [7, 11) is 4.07. The molecule has 0 bridgehead atoms. The summed E-state index contributed by atoms with van der Waals surface area (Å²) < 4.78 is 7.26. The van der Waals surface area contributed by atoms with E-state index in [2.05, 4.69) is 63.3 Å². The van der Waals surface area contributed by atoms with Gasteiger partial charge in [-0.2, -0.15) is 0 Å². The van der Waals surface area contributed by atoms with Crippen LogP contribution in [0.1, 0.15) is 41.0 Å². The summed E-state index contributed by atoms with van der Waals surface area (Å²) in [5.41, 5.74) is 6.53. The fourth-order valence-electron chi connectivity index (χ4n) is 5.13. The molecule has 1 unspecified atom stereocenters. The summed E-state index contributed by atoms with van der Waals surface area (Å²) in [5.74, 6) is 0.812.